The average Bonchev–Trinajstić information content (AvgIpc) is 2.64. The summed E-state index contributed by atoms with van der Waals surface area (Å²) in [6.45, 7) is 2.95. The lowest BCUT2D eigenvalue weighted by molar-refractivity contribution is -0.137. The zero-order valence-electron chi connectivity index (χ0n) is 16.2. The first-order chi connectivity index (χ1) is 13.0. The van der Waals surface area contributed by atoms with Crippen LogP contribution in [0.4, 0.5) is 5.69 Å². The van der Waals surface area contributed by atoms with Gasteiger partial charge in [-0.2, -0.15) is 0 Å². The summed E-state index contributed by atoms with van der Waals surface area (Å²) in [6, 6.07) is 14.7. The minimum absolute atomic E-state index is 0.0563. The highest BCUT2D eigenvalue weighted by Crippen LogP contribution is 2.32. The lowest BCUT2D eigenvalue weighted by atomic mass is 9.96. The second-order valence-electron chi connectivity index (χ2n) is 6.84. The van der Waals surface area contributed by atoms with Gasteiger partial charge in [0.25, 0.3) is 0 Å². The normalized spacial score (nSPS) is 12.0. The number of para-hydroxylation sites is 1. The Labute approximate surface area is 167 Å². The highest BCUT2D eigenvalue weighted by molar-refractivity contribution is 7.80. The number of nitrogens with one attached hydrogen (secondary N) is 2. The Morgan fingerprint density at radius 3 is 2.52 bits per heavy atom. The van der Waals surface area contributed by atoms with E-state index in [9.17, 15) is 4.79 Å². The maximum absolute atomic E-state index is 10.6. The van der Waals surface area contributed by atoms with Crippen LogP contribution in [0, 0.1) is 6.92 Å². The molecule has 0 radical (unpaired) electrons. The van der Waals surface area contributed by atoms with Crippen molar-refractivity contribution in [1.29, 1.82) is 0 Å². The number of aliphatic carboxylic acids is 1. The van der Waals surface area contributed by atoms with Crippen molar-refractivity contribution in [3.63, 3.8) is 0 Å². The molecule has 0 amide bonds. The SMILES string of the molecule is CNc1ccccc1C(NCCCCCCC(=O)O)c1ccc(C)cc1S. The van der Waals surface area contributed by atoms with Gasteiger partial charge < -0.3 is 15.7 Å². The number of carbonyl (C=O) groups is 1. The predicted octanol–water partition coefficient (Wildman–Crippen LogP) is 5.04. The molecule has 0 fully saturated rings. The lowest BCUT2D eigenvalue weighted by Gasteiger charge is -2.24. The van der Waals surface area contributed by atoms with E-state index in [0.29, 0.717) is 0 Å². The topological polar surface area (TPSA) is 61.4 Å². The summed E-state index contributed by atoms with van der Waals surface area (Å²) in [5.41, 5.74) is 4.66. The third-order valence-corrected chi connectivity index (χ3v) is 5.09. The number of thiol groups is 1. The zero-order valence-corrected chi connectivity index (χ0v) is 17.1. The molecule has 0 saturated carbocycles. The maximum Gasteiger partial charge on any atom is 0.303 e. The highest BCUT2D eigenvalue weighted by Gasteiger charge is 2.18. The first-order valence-electron chi connectivity index (χ1n) is 9.54. The van der Waals surface area contributed by atoms with Gasteiger partial charge >= 0.3 is 5.97 Å². The van der Waals surface area contributed by atoms with Crippen molar-refractivity contribution >= 4 is 24.3 Å². The molecule has 27 heavy (non-hydrogen) atoms. The number of carboxylic acids is 1. The Morgan fingerprint density at radius 1 is 1.07 bits per heavy atom. The smallest absolute Gasteiger partial charge is 0.303 e. The van der Waals surface area contributed by atoms with E-state index >= 15 is 0 Å². The van der Waals surface area contributed by atoms with Crippen LogP contribution >= 0.6 is 12.6 Å². The van der Waals surface area contributed by atoms with Crippen LogP contribution in [-0.2, 0) is 4.79 Å². The van der Waals surface area contributed by atoms with Crippen LogP contribution in [0.25, 0.3) is 0 Å². The van der Waals surface area contributed by atoms with E-state index in [-0.39, 0.29) is 12.5 Å². The van der Waals surface area contributed by atoms with Gasteiger partial charge in [-0.25, -0.2) is 0 Å². The average molecular weight is 387 g/mol. The summed E-state index contributed by atoms with van der Waals surface area (Å²) in [5, 5.41) is 15.7. The number of carboxylic acid groups (broad SMARTS) is 1. The molecule has 0 bridgehead atoms. The first kappa shape index (κ1) is 21.3. The molecule has 4 nitrogen and oxygen atoms in total. The molecule has 146 valence electrons. The van der Waals surface area contributed by atoms with E-state index in [1.807, 2.05) is 13.1 Å². The van der Waals surface area contributed by atoms with Gasteiger partial charge in [0.1, 0.15) is 0 Å². The van der Waals surface area contributed by atoms with E-state index in [1.165, 1.54) is 11.1 Å². The molecule has 2 aromatic rings. The van der Waals surface area contributed by atoms with Crippen molar-refractivity contribution in [2.75, 3.05) is 18.9 Å². The summed E-state index contributed by atoms with van der Waals surface area (Å²) in [5.74, 6) is -0.711. The van der Waals surface area contributed by atoms with Crippen molar-refractivity contribution in [3.05, 3.63) is 59.2 Å². The van der Waals surface area contributed by atoms with Gasteiger partial charge in [-0.1, -0.05) is 48.7 Å². The molecular weight excluding hydrogens is 356 g/mol. The Kier molecular flexibility index (Phi) is 8.69. The number of benzene rings is 2. The molecule has 1 atom stereocenters. The van der Waals surface area contributed by atoms with Gasteiger partial charge in [0.05, 0.1) is 6.04 Å². The van der Waals surface area contributed by atoms with Crippen molar-refractivity contribution in [3.8, 4) is 0 Å². The molecule has 5 heteroatoms. The minimum Gasteiger partial charge on any atom is -0.481 e. The highest BCUT2D eigenvalue weighted by atomic mass is 32.1. The number of aryl methyl sites for hydroxylation is 1. The number of anilines is 1. The standard InChI is InChI=1S/C22H30N2O2S/c1-16-12-13-18(20(27)15-16)22(17-9-6-7-10-19(17)23-2)24-14-8-4-3-5-11-21(25)26/h6-7,9-10,12-13,15,22-24,27H,3-5,8,11,14H2,1-2H3,(H,25,26). The largest absolute Gasteiger partial charge is 0.481 e. The number of rotatable bonds is 11. The summed E-state index contributed by atoms with van der Waals surface area (Å²) >= 11 is 4.71. The van der Waals surface area contributed by atoms with E-state index < -0.39 is 5.97 Å². The van der Waals surface area contributed by atoms with E-state index in [1.54, 1.807) is 0 Å². The second kappa shape index (κ2) is 11.0. The van der Waals surface area contributed by atoms with Crippen LogP contribution in [0.15, 0.2) is 47.4 Å². The first-order valence-corrected chi connectivity index (χ1v) is 9.99. The zero-order chi connectivity index (χ0) is 19.6. The Hall–Kier alpha value is -1.98. The Morgan fingerprint density at radius 2 is 1.81 bits per heavy atom. The van der Waals surface area contributed by atoms with Crippen molar-refractivity contribution in [2.45, 2.75) is 50.0 Å². The number of unbranched alkanes of at least 4 members (excludes halogenated alkanes) is 3. The van der Waals surface area contributed by atoms with Crippen molar-refractivity contribution in [1.82, 2.24) is 5.32 Å². The maximum atomic E-state index is 10.6. The van der Waals surface area contributed by atoms with E-state index in [4.69, 9.17) is 17.7 Å². The Balaban J connectivity index is 2.08. The molecule has 1 unspecified atom stereocenters. The molecule has 0 aromatic heterocycles. The molecular formula is C22H30N2O2S. The summed E-state index contributed by atoms with van der Waals surface area (Å²) < 4.78 is 0. The van der Waals surface area contributed by atoms with E-state index in [2.05, 4.69) is 54.0 Å². The van der Waals surface area contributed by atoms with Crippen LogP contribution in [0.2, 0.25) is 0 Å². The third kappa shape index (κ3) is 6.60. The quantitative estimate of drug-likeness (QED) is 0.323. The van der Waals surface area contributed by atoms with Gasteiger partial charge in [-0.05, 0) is 49.6 Å². The van der Waals surface area contributed by atoms with Crippen molar-refractivity contribution in [2.24, 2.45) is 0 Å². The molecule has 0 aliphatic heterocycles. The molecule has 0 heterocycles. The Bertz CT molecular complexity index is 749. The number of hydrogen-bond acceptors (Lipinski definition) is 4. The molecule has 0 aliphatic rings. The van der Waals surface area contributed by atoms with Gasteiger partial charge in [-0.3, -0.25) is 4.79 Å². The fourth-order valence-electron chi connectivity index (χ4n) is 3.26. The summed E-state index contributed by atoms with van der Waals surface area (Å²) in [6.07, 6.45) is 4.01. The second-order valence-corrected chi connectivity index (χ2v) is 7.33. The molecule has 3 N–H and O–H groups in total. The minimum atomic E-state index is -0.711. The molecule has 2 aromatic carbocycles. The van der Waals surface area contributed by atoms with Crippen LogP contribution < -0.4 is 10.6 Å². The molecule has 0 saturated heterocycles. The van der Waals surface area contributed by atoms with Crippen molar-refractivity contribution < 1.29 is 9.90 Å². The molecule has 0 spiro atoms. The summed E-state index contributed by atoms with van der Waals surface area (Å²) in [7, 11) is 1.94. The monoisotopic (exact) mass is 386 g/mol. The van der Waals surface area contributed by atoms with Gasteiger partial charge in [0, 0.05) is 24.1 Å². The van der Waals surface area contributed by atoms with Gasteiger partial charge in [-0.15, -0.1) is 12.6 Å². The number of hydrogen-bond donors (Lipinski definition) is 4. The fraction of sp³-hybridized carbons (Fsp3) is 0.409. The van der Waals surface area contributed by atoms with Gasteiger partial charge in [0.15, 0.2) is 0 Å². The molecule has 2 rings (SSSR count). The van der Waals surface area contributed by atoms with Crippen LogP contribution in [0.1, 0.15) is 54.8 Å². The molecule has 0 aliphatic carbocycles. The van der Waals surface area contributed by atoms with Gasteiger partial charge in [0.2, 0.25) is 0 Å². The summed E-state index contributed by atoms with van der Waals surface area (Å²) in [4.78, 5) is 11.6. The van der Waals surface area contributed by atoms with Crippen LogP contribution in [-0.4, -0.2) is 24.7 Å². The van der Waals surface area contributed by atoms with Crippen LogP contribution in [0.5, 0.6) is 0 Å². The fourth-order valence-corrected chi connectivity index (χ4v) is 3.67. The van der Waals surface area contributed by atoms with Crippen LogP contribution in [0.3, 0.4) is 0 Å². The van der Waals surface area contributed by atoms with E-state index in [0.717, 1.165) is 48.4 Å². The lowest BCUT2D eigenvalue weighted by Crippen LogP contribution is -2.25. The third-order valence-electron chi connectivity index (χ3n) is 4.70. The predicted molar refractivity (Wildman–Crippen MR) is 115 cm³/mol.